The summed E-state index contributed by atoms with van der Waals surface area (Å²) in [4.78, 5) is 35.4. The van der Waals surface area contributed by atoms with E-state index in [1.165, 1.54) is 43.5 Å². The van der Waals surface area contributed by atoms with Gasteiger partial charge in [-0.1, -0.05) is 22.9 Å². The Kier molecular flexibility index (Phi) is 8.99. The van der Waals surface area contributed by atoms with Crippen molar-refractivity contribution in [3.8, 4) is 22.3 Å². The predicted octanol–water partition coefficient (Wildman–Crippen LogP) is 4.63. The number of benzene rings is 1. The number of ether oxygens (including phenoxy) is 1. The third-order valence-corrected chi connectivity index (χ3v) is 7.47. The van der Waals surface area contributed by atoms with Crippen LogP contribution in [0.4, 0.5) is 24.0 Å². The third-order valence-electron chi connectivity index (χ3n) is 4.61. The predicted molar refractivity (Wildman–Crippen MR) is 133 cm³/mol. The van der Waals surface area contributed by atoms with E-state index < -0.39 is 28.1 Å². The lowest BCUT2D eigenvalue weighted by atomic mass is 10.2. The standard InChI is InChI=1S/C22H17ClF3N5O6S2/c1-12-18(38-21(29-12)31(13(2)32)37-20(33)22(24,25)26)14-10-17(19(23)28-11-14)30-39(34,35)16-6-4-15(5-7-16)36-9-3-8-27/h4-7,10-11,30H,3,9H2,1-2H3. The van der Waals surface area contributed by atoms with Crippen LogP contribution in [0.5, 0.6) is 5.75 Å². The number of aromatic nitrogens is 2. The third kappa shape index (κ3) is 7.34. The van der Waals surface area contributed by atoms with Crippen LogP contribution in [0.3, 0.4) is 0 Å². The van der Waals surface area contributed by atoms with E-state index in [1.807, 2.05) is 6.07 Å². The first-order valence-electron chi connectivity index (χ1n) is 10.6. The summed E-state index contributed by atoms with van der Waals surface area (Å²) in [5, 5.41) is 8.10. The van der Waals surface area contributed by atoms with E-state index in [1.54, 1.807) is 0 Å². The molecule has 1 aromatic carbocycles. The normalized spacial score (nSPS) is 11.4. The van der Waals surface area contributed by atoms with Crippen LogP contribution in [0.25, 0.3) is 10.4 Å². The Labute approximate surface area is 228 Å². The number of rotatable bonds is 8. The molecule has 0 aliphatic carbocycles. The minimum absolute atomic E-state index is 0.109. The number of hydrogen-bond acceptors (Lipinski definition) is 10. The number of thiazole rings is 1. The Morgan fingerprint density at radius 2 is 1.92 bits per heavy atom. The molecule has 0 unspecified atom stereocenters. The lowest BCUT2D eigenvalue weighted by Crippen LogP contribution is -2.37. The van der Waals surface area contributed by atoms with Gasteiger partial charge in [0.05, 0.1) is 33.6 Å². The Morgan fingerprint density at radius 3 is 2.51 bits per heavy atom. The number of nitriles is 1. The van der Waals surface area contributed by atoms with Crippen molar-refractivity contribution >= 4 is 55.7 Å². The first kappa shape index (κ1) is 29.6. The second kappa shape index (κ2) is 11.8. The van der Waals surface area contributed by atoms with Crippen molar-refractivity contribution in [1.82, 2.24) is 9.97 Å². The van der Waals surface area contributed by atoms with Crippen molar-refractivity contribution in [3.63, 3.8) is 0 Å². The number of anilines is 2. The Balaban J connectivity index is 1.87. The summed E-state index contributed by atoms with van der Waals surface area (Å²) in [6.45, 7) is 2.49. The van der Waals surface area contributed by atoms with Crippen LogP contribution in [0, 0.1) is 18.3 Å². The Hall–Kier alpha value is -3.94. The van der Waals surface area contributed by atoms with Gasteiger partial charge in [0.1, 0.15) is 12.4 Å². The number of hydroxylamine groups is 1. The molecule has 0 fully saturated rings. The van der Waals surface area contributed by atoms with Crippen LogP contribution in [-0.4, -0.2) is 43.0 Å². The molecule has 0 saturated heterocycles. The summed E-state index contributed by atoms with van der Waals surface area (Å²) in [6.07, 6.45) is -3.92. The smallest absolute Gasteiger partial charge is 0.493 e. The molecular weight excluding hydrogens is 587 g/mol. The molecule has 2 heterocycles. The Bertz CT molecular complexity index is 1540. The molecule has 1 amide bonds. The molecule has 3 aromatic rings. The van der Waals surface area contributed by atoms with Gasteiger partial charge in [0.25, 0.3) is 15.9 Å². The van der Waals surface area contributed by atoms with E-state index in [0.29, 0.717) is 17.1 Å². The summed E-state index contributed by atoms with van der Waals surface area (Å²) in [6, 6.07) is 8.63. The summed E-state index contributed by atoms with van der Waals surface area (Å²) in [5.74, 6) is -3.29. The van der Waals surface area contributed by atoms with E-state index in [9.17, 15) is 31.2 Å². The molecule has 0 spiro atoms. The number of pyridine rings is 1. The van der Waals surface area contributed by atoms with Crippen LogP contribution in [-0.2, 0) is 24.4 Å². The maximum atomic E-state index is 12.9. The van der Waals surface area contributed by atoms with Crippen molar-refractivity contribution in [2.75, 3.05) is 16.4 Å². The molecule has 3 rings (SSSR count). The second-order valence-corrected chi connectivity index (χ2v) is 10.5. The number of aryl methyl sites for hydroxylation is 1. The number of nitrogens with one attached hydrogen (secondary N) is 1. The van der Waals surface area contributed by atoms with Crippen LogP contribution in [0.2, 0.25) is 5.15 Å². The fourth-order valence-corrected chi connectivity index (χ4v) is 5.19. The number of carbonyl (C=O) groups is 2. The molecule has 0 aliphatic heterocycles. The molecule has 0 bridgehead atoms. The van der Waals surface area contributed by atoms with Crippen LogP contribution >= 0.6 is 22.9 Å². The molecule has 0 saturated carbocycles. The average Bonchev–Trinajstić information content (AvgIpc) is 3.24. The molecule has 0 atom stereocenters. The van der Waals surface area contributed by atoms with Gasteiger partial charge in [-0.15, -0.1) is 5.06 Å². The topological polar surface area (TPSA) is 152 Å². The summed E-state index contributed by atoms with van der Waals surface area (Å²) in [7, 11) is -4.15. The lowest BCUT2D eigenvalue weighted by Gasteiger charge is -2.17. The van der Waals surface area contributed by atoms with E-state index in [4.69, 9.17) is 21.6 Å². The molecule has 17 heteroatoms. The van der Waals surface area contributed by atoms with E-state index in [0.717, 1.165) is 6.92 Å². The van der Waals surface area contributed by atoms with Gasteiger partial charge in [0.15, 0.2) is 5.15 Å². The molecule has 0 radical (unpaired) electrons. The highest BCUT2D eigenvalue weighted by atomic mass is 35.5. The number of carbonyl (C=O) groups excluding carboxylic acids is 2. The number of sulfonamides is 1. The number of hydrogen-bond donors (Lipinski definition) is 1. The molecule has 39 heavy (non-hydrogen) atoms. The van der Waals surface area contributed by atoms with Crippen molar-refractivity contribution in [3.05, 3.63) is 47.4 Å². The number of amides is 1. The summed E-state index contributed by atoms with van der Waals surface area (Å²) in [5.41, 5.74) is 0.351. The van der Waals surface area contributed by atoms with Gasteiger partial charge >= 0.3 is 12.1 Å². The fourth-order valence-electron chi connectivity index (χ4n) is 2.89. The quantitative estimate of drug-likeness (QED) is 0.221. The molecule has 11 nitrogen and oxygen atoms in total. The van der Waals surface area contributed by atoms with Crippen molar-refractivity contribution in [2.45, 2.75) is 31.3 Å². The molecule has 0 aliphatic rings. The zero-order chi connectivity index (χ0) is 29.0. The van der Waals surface area contributed by atoms with E-state index in [2.05, 4.69) is 19.5 Å². The van der Waals surface area contributed by atoms with Gasteiger partial charge < -0.3 is 9.57 Å². The number of alkyl halides is 3. The highest BCUT2D eigenvalue weighted by Crippen LogP contribution is 2.37. The molecule has 206 valence electrons. The minimum atomic E-state index is -5.35. The van der Waals surface area contributed by atoms with Gasteiger partial charge in [-0.3, -0.25) is 9.52 Å². The SMILES string of the molecule is CC(=O)N(OC(=O)C(F)(F)F)c1nc(C)c(-c2cnc(Cl)c(NS(=O)(=O)c3ccc(OCCC#N)cc3)c2)s1. The van der Waals surface area contributed by atoms with Gasteiger partial charge in [-0.2, -0.15) is 18.4 Å². The summed E-state index contributed by atoms with van der Waals surface area (Å²) < 4.78 is 71.4. The maximum absolute atomic E-state index is 12.9. The monoisotopic (exact) mass is 603 g/mol. The first-order valence-corrected chi connectivity index (χ1v) is 13.3. The van der Waals surface area contributed by atoms with Crippen LogP contribution < -0.4 is 14.5 Å². The van der Waals surface area contributed by atoms with Gasteiger partial charge in [0.2, 0.25) is 5.13 Å². The van der Waals surface area contributed by atoms with E-state index >= 15 is 0 Å². The lowest BCUT2D eigenvalue weighted by molar-refractivity contribution is -0.201. The first-order chi connectivity index (χ1) is 18.2. The average molecular weight is 604 g/mol. The molecular formula is C22H17ClF3N5O6S2. The van der Waals surface area contributed by atoms with Crippen molar-refractivity contribution in [1.29, 1.82) is 5.26 Å². The van der Waals surface area contributed by atoms with E-state index in [-0.39, 0.29) is 55.1 Å². The highest BCUT2D eigenvalue weighted by molar-refractivity contribution is 7.92. The zero-order valence-electron chi connectivity index (χ0n) is 19.9. The van der Waals surface area contributed by atoms with Crippen LogP contribution in [0.15, 0.2) is 41.4 Å². The van der Waals surface area contributed by atoms with Crippen molar-refractivity contribution < 1.29 is 40.8 Å². The van der Waals surface area contributed by atoms with Crippen molar-refractivity contribution in [2.24, 2.45) is 0 Å². The fraction of sp³-hybridized carbons (Fsp3) is 0.227. The van der Waals surface area contributed by atoms with Gasteiger partial charge in [-0.25, -0.2) is 23.2 Å². The van der Waals surface area contributed by atoms with Gasteiger partial charge in [-0.05, 0) is 37.3 Å². The zero-order valence-corrected chi connectivity index (χ0v) is 22.3. The largest absolute Gasteiger partial charge is 0.493 e. The number of nitrogens with zero attached hydrogens (tertiary/aromatic N) is 4. The molecule has 2 aromatic heterocycles. The maximum Gasteiger partial charge on any atom is 0.493 e. The second-order valence-electron chi connectivity index (χ2n) is 7.50. The van der Waals surface area contributed by atoms with Gasteiger partial charge in [0, 0.05) is 18.7 Å². The number of halogens is 4. The van der Waals surface area contributed by atoms with Crippen LogP contribution in [0.1, 0.15) is 19.0 Å². The Morgan fingerprint density at radius 1 is 1.26 bits per heavy atom. The molecule has 1 N–H and O–H groups in total. The highest BCUT2D eigenvalue weighted by Gasteiger charge is 2.44. The summed E-state index contributed by atoms with van der Waals surface area (Å²) >= 11 is 6.79. The minimum Gasteiger partial charge on any atom is -0.493 e.